The van der Waals surface area contributed by atoms with Crippen molar-refractivity contribution in [2.45, 2.75) is 45.4 Å². The van der Waals surface area contributed by atoms with Gasteiger partial charge in [-0.05, 0) is 31.7 Å². The number of rotatable bonds is 6. The molecule has 2 nitrogen and oxygen atoms in total. The summed E-state index contributed by atoms with van der Waals surface area (Å²) >= 11 is 1.85. The number of aryl methyl sites for hydroxylation is 1. The van der Waals surface area contributed by atoms with E-state index in [1.807, 2.05) is 11.3 Å². The summed E-state index contributed by atoms with van der Waals surface area (Å²) in [6.45, 7) is 3.36. The van der Waals surface area contributed by atoms with Crippen molar-refractivity contribution in [3.05, 3.63) is 16.1 Å². The van der Waals surface area contributed by atoms with Gasteiger partial charge in [-0.15, -0.1) is 11.3 Å². The van der Waals surface area contributed by atoms with Gasteiger partial charge >= 0.3 is 0 Å². The first-order valence-electron chi connectivity index (χ1n) is 6.36. The molecule has 0 amide bonds. The Morgan fingerprint density at radius 3 is 2.88 bits per heavy atom. The Kier molecular flexibility index (Phi) is 3.98. The first-order chi connectivity index (χ1) is 7.78. The number of hydrogen-bond donors (Lipinski definition) is 1. The SMILES string of the molecule is CCCc1csc(CC2(CNC)CCC2)n1. The molecule has 0 aliphatic heterocycles. The molecule has 0 aromatic carbocycles. The molecule has 0 radical (unpaired) electrons. The van der Waals surface area contributed by atoms with E-state index in [-0.39, 0.29) is 0 Å². The lowest BCUT2D eigenvalue weighted by molar-refractivity contribution is 0.133. The molecule has 1 aliphatic rings. The summed E-state index contributed by atoms with van der Waals surface area (Å²) in [5.41, 5.74) is 1.82. The van der Waals surface area contributed by atoms with Crippen LogP contribution in [-0.4, -0.2) is 18.6 Å². The molecule has 16 heavy (non-hydrogen) atoms. The Morgan fingerprint density at radius 2 is 2.31 bits per heavy atom. The Bertz CT molecular complexity index is 328. The van der Waals surface area contributed by atoms with Crippen LogP contribution in [-0.2, 0) is 12.8 Å². The summed E-state index contributed by atoms with van der Waals surface area (Å²) in [4.78, 5) is 4.74. The fourth-order valence-corrected chi connectivity index (χ4v) is 3.59. The Hall–Kier alpha value is -0.410. The van der Waals surface area contributed by atoms with Gasteiger partial charge < -0.3 is 5.32 Å². The second-order valence-electron chi connectivity index (χ2n) is 5.04. The van der Waals surface area contributed by atoms with Crippen molar-refractivity contribution in [1.82, 2.24) is 10.3 Å². The molecule has 1 heterocycles. The zero-order valence-electron chi connectivity index (χ0n) is 10.4. The average molecular weight is 238 g/mol. The molecular formula is C13H22N2S. The fraction of sp³-hybridized carbons (Fsp3) is 0.769. The lowest BCUT2D eigenvalue weighted by Crippen LogP contribution is -2.40. The predicted octanol–water partition coefficient (Wildman–Crippen LogP) is 3.03. The average Bonchev–Trinajstić information content (AvgIpc) is 2.63. The van der Waals surface area contributed by atoms with E-state index in [9.17, 15) is 0 Å². The zero-order valence-corrected chi connectivity index (χ0v) is 11.2. The van der Waals surface area contributed by atoms with Gasteiger partial charge in [-0.1, -0.05) is 19.8 Å². The van der Waals surface area contributed by atoms with Crippen molar-refractivity contribution in [3.8, 4) is 0 Å². The van der Waals surface area contributed by atoms with Crippen molar-refractivity contribution in [2.24, 2.45) is 5.41 Å². The van der Waals surface area contributed by atoms with Crippen molar-refractivity contribution in [2.75, 3.05) is 13.6 Å². The van der Waals surface area contributed by atoms with E-state index in [2.05, 4.69) is 24.7 Å². The van der Waals surface area contributed by atoms with Gasteiger partial charge in [0.05, 0.1) is 10.7 Å². The minimum atomic E-state index is 0.524. The maximum Gasteiger partial charge on any atom is 0.0934 e. The summed E-state index contributed by atoms with van der Waals surface area (Å²) in [5, 5.41) is 6.93. The van der Waals surface area contributed by atoms with Crippen molar-refractivity contribution in [3.63, 3.8) is 0 Å². The normalized spacial score (nSPS) is 18.4. The van der Waals surface area contributed by atoms with Crippen molar-refractivity contribution in [1.29, 1.82) is 0 Å². The first kappa shape index (κ1) is 12.1. The van der Waals surface area contributed by atoms with Crippen LogP contribution in [0, 0.1) is 5.41 Å². The summed E-state index contributed by atoms with van der Waals surface area (Å²) in [5.74, 6) is 0. The molecule has 90 valence electrons. The maximum absolute atomic E-state index is 4.74. The standard InChI is InChI=1S/C13H22N2S/c1-3-5-11-9-16-12(15-11)8-13(10-14-2)6-4-7-13/h9,14H,3-8,10H2,1-2H3. The third-order valence-corrected chi connectivity index (χ3v) is 4.50. The summed E-state index contributed by atoms with van der Waals surface area (Å²) in [6.07, 6.45) is 7.66. The quantitative estimate of drug-likeness (QED) is 0.824. The molecule has 1 fully saturated rings. The molecule has 3 heteroatoms. The van der Waals surface area contributed by atoms with Gasteiger partial charge in [-0.2, -0.15) is 0 Å². The molecule has 2 rings (SSSR count). The lowest BCUT2D eigenvalue weighted by atomic mass is 9.67. The van der Waals surface area contributed by atoms with Crippen LogP contribution in [0.3, 0.4) is 0 Å². The highest BCUT2D eigenvalue weighted by Gasteiger charge is 2.37. The molecule has 0 spiro atoms. The highest BCUT2D eigenvalue weighted by molar-refractivity contribution is 7.09. The van der Waals surface area contributed by atoms with Gasteiger partial charge in [0, 0.05) is 18.3 Å². The van der Waals surface area contributed by atoms with E-state index < -0.39 is 0 Å². The molecule has 1 N–H and O–H groups in total. The summed E-state index contributed by atoms with van der Waals surface area (Å²) < 4.78 is 0. The van der Waals surface area contributed by atoms with Gasteiger partial charge in [-0.3, -0.25) is 0 Å². The van der Waals surface area contributed by atoms with E-state index in [4.69, 9.17) is 4.98 Å². The lowest BCUT2D eigenvalue weighted by Gasteiger charge is -2.41. The molecular weight excluding hydrogens is 216 g/mol. The van der Waals surface area contributed by atoms with E-state index >= 15 is 0 Å². The van der Waals surface area contributed by atoms with Crippen LogP contribution in [0.1, 0.15) is 43.3 Å². The van der Waals surface area contributed by atoms with E-state index in [1.54, 1.807) is 0 Å². The molecule has 0 unspecified atom stereocenters. The summed E-state index contributed by atoms with van der Waals surface area (Å²) in [6, 6.07) is 0. The minimum absolute atomic E-state index is 0.524. The second kappa shape index (κ2) is 5.28. The zero-order chi connectivity index (χ0) is 11.4. The predicted molar refractivity (Wildman–Crippen MR) is 70.0 cm³/mol. The molecule has 1 saturated carbocycles. The molecule has 0 bridgehead atoms. The van der Waals surface area contributed by atoms with Crippen LogP contribution in [0.15, 0.2) is 5.38 Å². The van der Waals surface area contributed by atoms with E-state index in [0.717, 1.165) is 13.0 Å². The number of aromatic nitrogens is 1. The summed E-state index contributed by atoms with van der Waals surface area (Å²) in [7, 11) is 2.06. The number of hydrogen-bond acceptors (Lipinski definition) is 3. The number of thiazole rings is 1. The van der Waals surface area contributed by atoms with Crippen LogP contribution in [0.5, 0.6) is 0 Å². The maximum atomic E-state index is 4.74. The highest BCUT2D eigenvalue weighted by atomic mass is 32.1. The van der Waals surface area contributed by atoms with Crippen LogP contribution in [0.4, 0.5) is 0 Å². The monoisotopic (exact) mass is 238 g/mol. The topological polar surface area (TPSA) is 24.9 Å². The molecule has 0 atom stereocenters. The first-order valence-corrected chi connectivity index (χ1v) is 7.24. The number of nitrogens with zero attached hydrogens (tertiary/aromatic N) is 1. The minimum Gasteiger partial charge on any atom is -0.319 e. The van der Waals surface area contributed by atoms with Crippen LogP contribution < -0.4 is 5.32 Å². The Morgan fingerprint density at radius 1 is 1.50 bits per heavy atom. The van der Waals surface area contributed by atoms with Crippen LogP contribution in [0.2, 0.25) is 0 Å². The van der Waals surface area contributed by atoms with Crippen LogP contribution in [0.25, 0.3) is 0 Å². The van der Waals surface area contributed by atoms with Gasteiger partial charge in [0.1, 0.15) is 0 Å². The van der Waals surface area contributed by atoms with Crippen molar-refractivity contribution >= 4 is 11.3 Å². The Labute approximate surface area is 102 Å². The molecule has 0 saturated heterocycles. The van der Waals surface area contributed by atoms with Gasteiger partial charge in [0.25, 0.3) is 0 Å². The van der Waals surface area contributed by atoms with E-state index in [1.165, 1.54) is 42.8 Å². The highest BCUT2D eigenvalue weighted by Crippen LogP contribution is 2.43. The molecule has 1 aliphatic carbocycles. The second-order valence-corrected chi connectivity index (χ2v) is 5.99. The molecule has 1 aromatic rings. The Balaban J connectivity index is 1.96. The fourth-order valence-electron chi connectivity index (χ4n) is 2.59. The van der Waals surface area contributed by atoms with Gasteiger partial charge in [0.15, 0.2) is 0 Å². The largest absolute Gasteiger partial charge is 0.319 e. The van der Waals surface area contributed by atoms with Crippen LogP contribution >= 0.6 is 11.3 Å². The van der Waals surface area contributed by atoms with Crippen molar-refractivity contribution < 1.29 is 0 Å². The molecule has 1 aromatic heterocycles. The third-order valence-electron chi connectivity index (χ3n) is 3.60. The van der Waals surface area contributed by atoms with E-state index in [0.29, 0.717) is 5.41 Å². The third kappa shape index (κ3) is 2.64. The van der Waals surface area contributed by atoms with Gasteiger partial charge in [-0.25, -0.2) is 4.98 Å². The number of nitrogens with one attached hydrogen (secondary N) is 1. The van der Waals surface area contributed by atoms with Gasteiger partial charge in [0.2, 0.25) is 0 Å². The smallest absolute Gasteiger partial charge is 0.0934 e.